The Morgan fingerprint density at radius 3 is 2.50 bits per heavy atom. The van der Waals surface area contributed by atoms with E-state index in [2.05, 4.69) is 50.5 Å². The van der Waals surface area contributed by atoms with E-state index in [4.69, 9.17) is 0 Å². The summed E-state index contributed by atoms with van der Waals surface area (Å²) in [6, 6.07) is 4.39. The molecule has 0 aromatic carbocycles. The summed E-state index contributed by atoms with van der Waals surface area (Å²) in [6.45, 7) is 11.9. The Kier molecular flexibility index (Phi) is 5.46. The first kappa shape index (κ1) is 13.7. The summed E-state index contributed by atoms with van der Waals surface area (Å²) in [5, 5.41) is 6.96. The van der Waals surface area contributed by atoms with Crippen LogP contribution in [-0.2, 0) is 6.54 Å². The quantitative estimate of drug-likeness (QED) is 0.747. The minimum absolute atomic E-state index is 0.241. The predicted molar refractivity (Wildman–Crippen MR) is 73.1 cm³/mol. The zero-order valence-electron chi connectivity index (χ0n) is 10.9. The molecule has 0 radical (unpaired) electrons. The minimum atomic E-state index is 0.241. The second-order valence-corrected chi connectivity index (χ2v) is 6.59. The van der Waals surface area contributed by atoms with Crippen LogP contribution in [0.3, 0.4) is 0 Å². The van der Waals surface area contributed by atoms with Crippen LogP contribution in [0, 0.1) is 6.92 Å². The average Bonchev–Trinajstić information content (AvgIpc) is 2.56. The molecule has 1 aromatic rings. The van der Waals surface area contributed by atoms with Gasteiger partial charge in [-0.05, 0) is 59.3 Å². The van der Waals surface area contributed by atoms with Crippen molar-refractivity contribution < 1.29 is 0 Å². The van der Waals surface area contributed by atoms with Gasteiger partial charge in [-0.25, -0.2) is 0 Å². The molecule has 0 aliphatic carbocycles. The first-order valence-corrected chi connectivity index (χ1v) is 6.80. The molecule has 0 amide bonds. The number of aryl methyl sites for hydroxylation is 1. The normalized spacial score (nSPS) is 12.0. The largest absolute Gasteiger partial charge is 0.312 e. The molecule has 0 aliphatic rings. The molecule has 0 spiro atoms. The van der Waals surface area contributed by atoms with E-state index in [0.29, 0.717) is 0 Å². The maximum absolute atomic E-state index is 3.49. The summed E-state index contributed by atoms with van der Waals surface area (Å²) < 4.78 is 0. The van der Waals surface area contributed by atoms with Gasteiger partial charge in [-0.2, -0.15) is 0 Å². The molecule has 0 saturated carbocycles. The number of hydrogen-bond donors (Lipinski definition) is 2. The Morgan fingerprint density at radius 2 is 1.94 bits per heavy atom. The van der Waals surface area contributed by atoms with Crippen LogP contribution in [0.5, 0.6) is 0 Å². The van der Waals surface area contributed by atoms with Gasteiger partial charge in [0.2, 0.25) is 0 Å². The van der Waals surface area contributed by atoms with Gasteiger partial charge in [0.15, 0.2) is 0 Å². The van der Waals surface area contributed by atoms with Crippen LogP contribution < -0.4 is 10.6 Å². The van der Waals surface area contributed by atoms with E-state index in [0.717, 1.165) is 19.6 Å². The second-order valence-electron chi connectivity index (χ2n) is 5.22. The number of nitrogens with one attached hydrogen (secondary N) is 2. The molecule has 0 unspecified atom stereocenters. The van der Waals surface area contributed by atoms with Crippen molar-refractivity contribution in [3.63, 3.8) is 0 Å². The van der Waals surface area contributed by atoms with E-state index in [9.17, 15) is 0 Å². The maximum Gasteiger partial charge on any atom is 0.0299 e. The summed E-state index contributed by atoms with van der Waals surface area (Å²) >= 11 is 1.88. The smallest absolute Gasteiger partial charge is 0.0299 e. The highest BCUT2D eigenvalue weighted by Crippen LogP contribution is 2.14. The van der Waals surface area contributed by atoms with Crippen LogP contribution in [0.4, 0.5) is 0 Å². The second kappa shape index (κ2) is 6.38. The van der Waals surface area contributed by atoms with Crippen LogP contribution in [-0.4, -0.2) is 18.6 Å². The van der Waals surface area contributed by atoms with Crippen LogP contribution in [0.2, 0.25) is 0 Å². The number of thiophene rings is 1. The highest BCUT2D eigenvalue weighted by Gasteiger charge is 2.06. The van der Waals surface area contributed by atoms with E-state index in [1.807, 2.05) is 11.3 Å². The van der Waals surface area contributed by atoms with E-state index in [1.165, 1.54) is 16.2 Å². The van der Waals surface area contributed by atoms with Crippen molar-refractivity contribution in [1.29, 1.82) is 0 Å². The van der Waals surface area contributed by atoms with Gasteiger partial charge in [-0.15, -0.1) is 11.3 Å². The lowest BCUT2D eigenvalue weighted by atomic mass is 10.1. The molecule has 16 heavy (non-hydrogen) atoms. The summed E-state index contributed by atoms with van der Waals surface area (Å²) in [5.74, 6) is 0. The lowest BCUT2D eigenvalue weighted by molar-refractivity contribution is 0.418. The zero-order valence-corrected chi connectivity index (χ0v) is 11.7. The third-order valence-corrected chi connectivity index (χ3v) is 3.28. The Bertz CT molecular complexity index is 299. The third-order valence-electron chi connectivity index (χ3n) is 2.28. The molecular weight excluding hydrogens is 216 g/mol. The van der Waals surface area contributed by atoms with Gasteiger partial charge in [0, 0.05) is 21.8 Å². The van der Waals surface area contributed by atoms with Gasteiger partial charge < -0.3 is 10.6 Å². The van der Waals surface area contributed by atoms with E-state index in [1.54, 1.807) is 0 Å². The fourth-order valence-corrected chi connectivity index (χ4v) is 2.33. The molecule has 0 saturated heterocycles. The first-order chi connectivity index (χ1) is 7.47. The summed E-state index contributed by atoms with van der Waals surface area (Å²) in [6.07, 6.45) is 1.18. The molecule has 0 fully saturated rings. The highest BCUT2D eigenvalue weighted by atomic mass is 32.1. The van der Waals surface area contributed by atoms with Crippen molar-refractivity contribution >= 4 is 11.3 Å². The molecule has 0 atom stereocenters. The predicted octanol–water partition coefficient (Wildman–Crippen LogP) is 2.92. The van der Waals surface area contributed by atoms with Crippen LogP contribution in [0.25, 0.3) is 0 Å². The Labute approximate surface area is 103 Å². The fourth-order valence-electron chi connectivity index (χ4n) is 1.47. The van der Waals surface area contributed by atoms with Gasteiger partial charge in [0.25, 0.3) is 0 Å². The van der Waals surface area contributed by atoms with Crippen LogP contribution >= 0.6 is 11.3 Å². The molecule has 1 heterocycles. The molecule has 92 valence electrons. The third kappa shape index (κ3) is 6.26. The minimum Gasteiger partial charge on any atom is -0.312 e. The van der Waals surface area contributed by atoms with Gasteiger partial charge in [-0.1, -0.05) is 0 Å². The number of hydrogen-bond acceptors (Lipinski definition) is 3. The fraction of sp³-hybridized carbons (Fsp3) is 0.692. The molecule has 0 bridgehead atoms. The van der Waals surface area contributed by atoms with E-state index >= 15 is 0 Å². The van der Waals surface area contributed by atoms with Crippen molar-refractivity contribution in [2.45, 2.75) is 46.2 Å². The molecule has 0 aliphatic heterocycles. The van der Waals surface area contributed by atoms with Crippen molar-refractivity contribution in [1.82, 2.24) is 10.6 Å². The topological polar surface area (TPSA) is 24.1 Å². The summed E-state index contributed by atoms with van der Waals surface area (Å²) in [4.78, 5) is 2.83. The first-order valence-electron chi connectivity index (χ1n) is 5.98. The van der Waals surface area contributed by atoms with Gasteiger partial charge in [0.05, 0.1) is 0 Å². The zero-order chi connectivity index (χ0) is 12.0. The van der Waals surface area contributed by atoms with Crippen molar-refractivity contribution in [2.75, 3.05) is 13.1 Å². The lowest BCUT2D eigenvalue weighted by Crippen LogP contribution is -2.37. The molecule has 2 N–H and O–H groups in total. The Morgan fingerprint density at radius 1 is 1.19 bits per heavy atom. The maximum atomic E-state index is 3.49. The Balaban J connectivity index is 2.00. The molecular formula is C13H24N2S. The van der Waals surface area contributed by atoms with Crippen molar-refractivity contribution in [3.05, 3.63) is 21.9 Å². The molecule has 3 heteroatoms. The Hall–Kier alpha value is -0.380. The highest BCUT2D eigenvalue weighted by molar-refractivity contribution is 7.11. The average molecular weight is 240 g/mol. The SMILES string of the molecule is Cc1ccc(CNCCCNC(C)(C)C)s1. The molecule has 2 nitrogen and oxygen atoms in total. The van der Waals surface area contributed by atoms with E-state index < -0.39 is 0 Å². The molecule has 1 aromatic heterocycles. The summed E-state index contributed by atoms with van der Waals surface area (Å²) in [7, 11) is 0. The van der Waals surface area contributed by atoms with Gasteiger partial charge >= 0.3 is 0 Å². The van der Waals surface area contributed by atoms with Crippen molar-refractivity contribution in [2.24, 2.45) is 0 Å². The van der Waals surface area contributed by atoms with E-state index in [-0.39, 0.29) is 5.54 Å². The summed E-state index contributed by atoms with van der Waals surface area (Å²) in [5.41, 5.74) is 0.241. The monoisotopic (exact) mass is 240 g/mol. The van der Waals surface area contributed by atoms with Crippen LogP contribution in [0.1, 0.15) is 36.9 Å². The van der Waals surface area contributed by atoms with Crippen molar-refractivity contribution in [3.8, 4) is 0 Å². The standard InChI is InChI=1S/C13H24N2S/c1-11-6-7-12(16-11)10-14-8-5-9-15-13(2,3)4/h6-7,14-15H,5,8-10H2,1-4H3. The van der Waals surface area contributed by atoms with Crippen LogP contribution in [0.15, 0.2) is 12.1 Å². The van der Waals surface area contributed by atoms with Gasteiger partial charge in [0.1, 0.15) is 0 Å². The molecule has 1 rings (SSSR count). The number of rotatable bonds is 6. The lowest BCUT2D eigenvalue weighted by Gasteiger charge is -2.20. The van der Waals surface area contributed by atoms with Gasteiger partial charge in [-0.3, -0.25) is 0 Å².